The van der Waals surface area contributed by atoms with Crippen LogP contribution in [0.25, 0.3) is 0 Å². The number of rotatable bonds is 3. The first kappa shape index (κ1) is 15.9. The predicted molar refractivity (Wildman–Crippen MR) is 93.9 cm³/mol. The molecule has 2 atom stereocenters. The largest absolute Gasteiger partial charge is 0.335 e. The van der Waals surface area contributed by atoms with Crippen LogP contribution in [0.5, 0.6) is 0 Å². The van der Waals surface area contributed by atoms with Gasteiger partial charge in [-0.1, -0.05) is 36.4 Å². The zero-order valence-electron chi connectivity index (χ0n) is 13.4. The summed E-state index contributed by atoms with van der Waals surface area (Å²) in [5.74, 6) is 0. The number of hydrogen-bond donors (Lipinski definition) is 3. The molecule has 6 nitrogen and oxygen atoms in total. The minimum absolute atomic E-state index is 0.0144. The number of urea groups is 2. The molecular weight excluding hydrogens is 304 g/mol. The molecule has 1 aliphatic heterocycles. The van der Waals surface area contributed by atoms with Gasteiger partial charge in [0.1, 0.15) is 6.17 Å². The number of anilines is 2. The van der Waals surface area contributed by atoms with E-state index in [-0.39, 0.29) is 18.1 Å². The molecule has 1 saturated heterocycles. The second-order valence-corrected chi connectivity index (χ2v) is 5.77. The Hall–Kier alpha value is -3.02. The molecule has 6 heteroatoms. The fourth-order valence-corrected chi connectivity index (χ4v) is 2.77. The summed E-state index contributed by atoms with van der Waals surface area (Å²) in [5, 5.41) is 8.57. The van der Waals surface area contributed by atoms with Crippen molar-refractivity contribution < 1.29 is 9.59 Å². The van der Waals surface area contributed by atoms with Gasteiger partial charge in [-0.25, -0.2) is 9.59 Å². The van der Waals surface area contributed by atoms with Crippen LogP contribution in [0.3, 0.4) is 0 Å². The van der Waals surface area contributed by atoms with Crippen LogP contribution in [0, 0.1) is 0 Å². The minimum Gasteiger partial charge on any atom is -0.335 e. The minimum atomic E-state index is -0.417. The Morgan fingerprint density at radius 1 is 1.08 bits per heavy atom. The van der Waals surface area contributed by atoms with E-state index in [1.807, 2.05) is 67.6 Å². The predicted octanol–water partition coefficient (Wildman–Crippen LogP) is 3.14. The zero-order chi connectivity index (χ0) is 16.9. The average molecular weight is 324 g/mol. The quantitative estimate of drug-likeness (QED) is 0.811. The SMILES string of the molecule is C[C@H]1C[C@H](NC(=O)Nc2ccccc2)N(c2ccccc2)C(=O)N1. The van der Waals surface area contributed by atoms with Gasteiger partial charge in [0.05, 0.1) is 0 Å². The van der Waals surface area contributed by atoms with Crippen LogP contribution >= 0.6 is 0 Å². The maximum Gasteiger partial charge on any atom is 0.323 e. The zero-order valence-corrected chi connectivity index (χ0v) is 13.4. The molecule has 1 heterocycles. The first-order valence-corrected chi connectivity index (χ1v) is 7.91. The van der Waals surface area contributed by atoms with Crippen LogP contribution in [-0.4, -0.2) is 24.3 Å². The highest BCUT2D eigenvalue weighted by Crippen LogP contribution is 2.21. The standard InChI is InChI=1S/C18H20N4O2/c1-13-12-16(21-17(23)20-14-8-4-2-5-9-14)22(18(24)19-13)15-10-6-3-7-11-15/h2-11,13,16H,12H2,1H3,(H,19,24)(H2,20,21,23)/t13-,16+/m0/s1. The van der Waals surface area contributed by atoms with Crippen molar-refractivity contribution in [2.45, 2.75) is 25.6 Å². The Morgan fingerprint density at radius 3 is 2.38 bits per heavy atom. The first-order chi connectivity index (χ1) is 11.6. The Labute approximate surface area is 140 Å². The number of carbonyl (C=O) groups is 2. The summed E-state index contributed by atoms with van der Waals surface area (Å²) in [7, 11) is 0. The van der Waals surface area contributed by atoms with Crippen molar-refractivity contribution in [2.75, 3.05) is 10.2 Å². The van der Waals surface area contributed by atoms with Gasteiger partial charge in [0, 0.05) is 23.8 Å². The molecule has 0 spiro atoms. The second-order valence-electron chi connectivity index (χ2n) is 5.77. The van der Waals surface area contributed by atoms with E-state index < -0.39 is 6.17 Å². The average Bonchev–Trinajstić information content (AvgIpc) is 2.56. The summed E-state index contributed by atoms with van der Waals surface area (Å²) in [6.45, 7) is 1.92. The number of nitrogens with zero attached hydrogens (tertiary/aromatic N) is 1. The van der Waals surface area contributed by atoms with E-state index >= 15 is 0 Å². The Morgan fingerprint density at radius 2 is 1.71 bits per heavy atom. The van der Waals surface area contributed by atoms with Gasteiger partial charge < -0.3 is 16.0 Å². The molecule has 3 N–H and O–H groups in total. The lowest BCUT2D eigenvalue weighted by Crippen LogP contribution is -2.62. The Kier molecular flexibility index (Phi) is 4.65. The Bertz CT molecular complexity index is 705. The molecule has 4 amide bonds. The van der Waals surface area contributed by atoms with Crippen molar-refractivity contribution in [2.24, 2.45) is 0 Å². The highest BCUT2D eigenvalue weighted by Gasteiger charge is 2.33. The molecule has 0 radical (unpaired) electrons. The lowest BCUT2D eigenvalue weighted by atomic mass is 10.1. The van der Waals surface area contributed by atoms with Gasteiger partial charge in [-0.15, -0.1) is 0 Å². The third kappa shape index (κ3) is 3.65. The molecule has 124 valence electrons. The third-order valence-corrected chi connectivity index (χ3v) is 3.84. The van der Waals surface area contributed by atoms with Gasteiger partial charge in [-0.3, -0.25) is 4.90 Å². The number of nitrogens with one attached hydrogen (secondary N) is 3. The second kappa shape index (κ2) is 7.04. The molecule has 0 bridgehead atoms. The number of benzene rings is 2. The molecule has 2 aromatic carbocycles. The maximum absolute atomic E-state index is 12.4. The van der Waals surface area contributed by atoms with Crippen LogP contribution in [0.4, 0.5) is 21.0 Å². The van der Waals surface area contributed by atoms with E-state index in [1.165, 1.54) is 0 Å². The van der Waals surface area contributed by atoms with Gasteiger partial charge in [-0.05, 0) is 31.2 Å². The molecule has 0 aromatic heterocycles. The van der Waals surface area contributed by atoms with Gasteiger partial charge in [0.15, 0.2) is 0 Å². The smallest absolute Gasteiger partial charge is 0.323 e. The van der Waals surface area contributed by atoms with E-state index in [2.05, 4.69) is 16.0 Å². The van der Waals surface area contributed by atoms with Crippen molar-refractivity contribution in [1.82, 2.24) is 10.6 Å². The summed E-state index contributed by atoms with van der Waals surface area (Å²) in [6, 6.07) is 17.9. The van der Waals surface area contributed by atoms with Crippen LogP contribution in [0.2, 0.25) is 0 Å². The number of hydrogen-bond acceptors (Lipinski definition) is 2. The molecule has 24 heavy (non-hydrogen) atoms. The molecule has 0 unspecified atom stereocenters. The van der Waals surface area contributed by atoms with Gasteiger partial charge in [0.2, 0.25) is 0 Å². The molecule has 0 saturated carbocycles. The Balaban J connectivity index is 1.75. The van der Waals surface area contributed by atoms with Crippen LogP contribution in [0.15, 0.2) is 60.7 Å². The van der Waals surface area contributed by atoms with Crippen LogP contribution in [0.1, 0.15) is 13.3 Å². The molecular formula is C18H20N4O2. The molecule has 3 rings (SSSR count). The van der Waals surface area contributed by atoms with E-state index in [0.29, 0.717) is 12.1 Å². The van der Waals surface area contributed by atoms with Gasteiger partial charge in [0.25, 0.3) is 0 Å². The van der Waals surface area contributed by atoms with Crippen molar-refractivity contribution in [3.05, 3.63) is 60.7 Å². The molecule has 0 aliphatic carbocycles. The van der Waals surface area contributed by atoms with E-state index in [0.717, 1.165) is 5.69 Å². The van der Waals surface area contributed by atoms with Gasteiger partial charge >= 0.3 is 12.1 Å². The number of carbonyl (C=O) groups excluding carboxylic acids is 2. The van der Waals surface area contributed by atoms with Crippen molar-refractivity contribution in [3.63, 3.8) is 0 Å². The molecule has 1 fully saturated rings. The van der Waals surface area contributed by atoms with Crippen molar-refractivity contribution >= 4 is 23.4 Å². The number of amides is 4. The number of para-hydroxylation sites is 2. The fraction of sp³-hybridized carbons (Fsp3) is 0.222. The van der Waals surface area contributed by atoms with Gasteiger partial charge in [-0.2, -0.15) is 0 Å². The van der Waals surface area contributed by atoms with E-state index in [9.17, 15) is 9.59 Å². The summed E-state index contributed by atoms with van der Waals surface area (Å²) in [4.78, 5) is 26.3. The highest BCUT2D eigenvalue weighted by molar-refractivity contribution is 5.95. The summed E-state index contributed by atoms with van der Waals surface area (Å²) in [6.07, 6.45) is 0.197. The monoisotopic (exact) mass is 324 g/mol. The fourth-order valence-electron chi connectivity index (χ4n) is 2.77. The van der Waals surface area contributed by atoms with Crippen molar-refractivity contribution in [3.8, 4) is 0 Å². The summed E-state index contributed by atoms with van der Waals surface area (Å²) >= 11 is 0. The molecule has 2 aromatic rings. The van der Waals surface area contributed by atoms with Crippen molar-refractivity contribution in [1.29, 1.82) is 0 Å². The lowest BCUT2D eigenvalue weighted by molar-refractivity contribution is 0.223. The normalized spacial score (nSPS) is 20.2. The first-order valence-electron chi connectivity index (χ1n) is 7.91. The van der Waals surface area contributed by atoms with E-state index in [4.69, 9.17) is 0 Å². The summed E-state index contributed by atoms with van der Waals surface area (Å²) in [5.41, 5.74) is 1.45. The maximum atomic E-state index is 12.4. The van der Waals surface area contributed by atoms with Crippen LogP contribution < -0.4 is 20.9 Å². The third-order valence-electron chi connectivity index (χ3n) is 3.84. The van der Waals surface area contributed by atoms with E-state index in [1.54, 1.807) is 4.90 Å². The van der Waals surface area contributed by atoms with Crippen LogP contribution in [-0.2, 0) is 0 Å². The highest BCUT2D eigenvalue weighted by atomic mass is 16.2. The lowest BCUT2D eigenvalue weighted by Gasteiger charge is -2.39. The summed E-state index contributed by atoms with van der Waals surface area (Å²) < 4.78 is 0. The topological polar surface area (TPSA) is 73.5 Å². The molecule has 1 aliphatic rings.